The lowest BCUT2D eigenvalue weighted by molar-refractivity contribution is 0.0748. The second-order valence-corrected chi connectivity index (χ2v) is 12.1. The number of carbonyl (C=O) groups is 2. The van der Waals surface area contributed by atoms with Crippen LogP contribution in [0.15, 0.2) is 60.7 Å². The number of piperazine rings is 1. The highest BCUT2D eigenvalue weighted by molar-refractivity contribution is 7.93. The molecule has 0 saturated carbocycles. The van der Waals surface area contributed by atoms with Crippen LogP contribution in [0.3, 0.4) is 0 Å². The quantitative estimate of drug-likeness (QED) is 0.471. The van der Waals surface area contributed by atoms with Crippen molar-refractivity contribution in [1.29, 1.82) is 0 Å². The average molecular weight is 566 g/mol. The normalized spacial score (nSPS) is 16.6. The van der Waals surface area contributed by atoms with Gasteiger partial charge < -0.3 is 20.4 Å². The van der Waals surface area contributed by atoms with Crippen molar-refractivity contribution in [3.63, 3.8) is 0 Å². The molecule has 0 bridgehead atoms. The molecule has 3 amide bonds. The van der Waals surface area contributed by atoms with Crippen molar-refractivity contribution in [1.82, 2.24) is 4.90 Å². The van der Waals surface area contributed by atoms with Gasteiger partial charge in [-0.3, -0.25) is 9.10 Å². The lowest BCUT2D eigenvalue weighted by Gasteiger charge is -2.37. The number of urea groups is 1. The highest BCUT2D eigenvalue weighted by Gasteiger charge is 2.30. The first kappa shape index (κ1) is 27.4. The minimum atomic E-state index is -3.46. The number of nitrogens with one attached hydrogen (secondary N) is 2. The molecule has 5 rings (SSSR count). The molecular weight excluding hydrogens is 533 g/mol. The molecule has 2 aliphatic heterocycles. The van der Waals surface area contributed by atoms with Gasteiger partial charge in [-0.25, -0.2) is 17.6 Å². The first-order valence-corrected chi connectivity index (χ1v) is 14.8. The Morgan fingerprint density at radius 3 is 2.23 bits per heavy atom. The Hall–Kier alpha value is -4.12. The number of sulfonamides is 1. The van der Waals surface area contributed by atoms with Crippen LogP contribution in [0, 0.1) is 19.7 Å². The van der Waals surface area contributed by atoms with E-state index in [9.17, 15) is 22.4 Å². The Balaban J connectivity index is 1.37. The molecule has 0 aromatic heterocycles. The average Bonchev–Trinajstić information content (AvgIpc) is 3.28. The van der Waals surface area contributed by atoms with Crippen LogP contribution in [0.5, 0.6) is 0 Å². The molecule has 3 aromatic carbocycles. The van der Waals surface area contributed by atoms with Crippen molar-refractivity contribution in [2.75, 3.05) is 58.3 Å². The minimum absolute atomic E-state index is 0.0478. The molecule has 11 heteroatoms. The smallest absolute Gasteiger partial charge is 0.323 e. The molecule has 2 N–H and O–H groups in total. The molecule has 210 valence electrons. The second-order valence-electron chi connectivity index (χ2n) is 10.1. The number of amides is 3. The molecule has 2 fully saturated rings. The Labute approximate surface area is 233 Å². The Bertz CT molecular complexity index is 1540. The highest BCUT2D eigenvalue weighted by atomic mass is 32.2. The summed E-state index contributed by atoms with van der Waals surface area (Å²) in [5.41, 5.74) is 4.73. The van der Waals surface area contributed by atoms with E-state index < -0.39 is 21.9 Å². The third-order valence-electron chi connectivity index (χ3n) is 7.23. The van der Waals surface area contributed by atoms with E-state index in [1.54, 1.807) is 17.0 Å². The van der Waals surface area contributed by atoms with Crippen LogP contribution in [-0.2, 0) is 10.0 Å². The fourth-order valence-corrected chi connectivity index (χ4v) is 6.76. The van der Waals surface area contributed by atoms with Gasteiger partial charge in [0.15, 0.2) is 0 Å². The molecule has 0 unspecified atom stereocenters. The summed E-state index contributed by atoms with van der Waals surface area (Å²) in [4.78, 5) is 30.5. The van der Waals surface area contributed by atoms with Gasteiger partial charge in [0.25, 0.3) is 5.91 Å². The van der Waals surface area contributed by atoms with Gasteiger partial charge in [0.05, 0.1) is 22.7 Å². The molecule has 0 atom stereocenters. The molecule has 0 spiro atoms. The first-order chi connectivity index (χ1) is 19.1. The maximum Gasteiger partial charge on any atom is 0.323 e. The number of carbonyl (C=O) groups excluding carboxylic acids is 2. The maximum absolute atomic E-state index is 13.7. The lowest BCUT2D eigenvalue weighted by atomic mass is 10.1. The van der Waals surface area contributed by atoms with E-state index in [1.807, 2.05) is 0 Å². The molecule has 2 saturated heterocycles. The lowest BCUT2D eigenvalue weighted by Crippen LogP contribution is -2.49. The number of rotatable bonds is 5. The van der Waals surface area contributed by atoms with Crippen molar-refractivity contribution < 1.29 is 22.4 Å². The van der Waals surface area contributed by atoms with Crippen LogP contribution in [0.1, 0.15) is 27.9 Å². The Kier molecular flexibility index (Phi) is 7.66. The van der Waals surface area contributed by atoms with Gasteiger partial charge in [-0.05, 0) is 74.4 Å². The number of anilines is 4. The predicted octanol–water partition coefficient (Wildman–Crippen LogP) is 4.59. The Morgan fingerprint density at radius 2 is 1.57 bits per heavy atom. The standard InChI is InChI=1S/C29H32FN5O4S/c1-20-4-11-27(21(2)18-20)33-13-15-34(16-14-33)28(36)25-10-9-24(35-12-3-17-40(35,38)39)19-26(25)32-29(37)31-23-7-5-22(30)6-8-23/h4-11,18-19H,3,12-17H2,1-2H3,(H2,31,32,37). The summed E-state index contributed by atoms with van der Waals surface area (Å²) in [5.74, 6) is -0.643. The van der Waals surface area contributed by atoms with Crippen LogP contribution >= 0.6 is 0 Å². The summed E-state index contributed by atoms with van der Waals surface area (Å²) >= 11 is 0. The second kappa shape index (κ2) is 11.2. The van der Waals surface area contributed by atoms with Gasteiger partial charge in [-0.15, -0.1) is 0 Å². The highest BCUT2D eigenvalue weighted by Crippen LogP contribution is 2.30. The first-order valence-electron chi connectivity index (χ1n) is 13.2. The van der Waals surface area contributed by atoms with E-state index in [0.29, 0.717) is 50.5 Å². The van der Waals surface area contributed by atoms with Crippen LogP contribution in [0.4, 0.5) is 31.9 Å². The van der Waals surface area contributed by atoms with E-state index >= 15 is 0 Å². The zero-order valence-electron chi connectivity index (χ0n) is 22.5. The SMILES string of the molecule is Cc1ccc(N2CCN(C(=O)c3ccc(N4CCCS4(=O)=O)cc3NC(=O)Nc3ccc(F)cc3)CC2)c(C)c1. The predicted molar refractivity (Wildman–Crippen MR) is 155 cm³/mol. The van der Waals surface area contributed by atoms with Crippen molar-refractivity contribution in [2.45, 2.75) is 20.3 Å². The van der Waals surface area contributed by atoms with Crippen molar-refractivity contribution >= 4 is 44.7 Å². The van der Waals surface area contributed by atoms with Crippen LogP contribution in [0.2, 0.25) is 0 Å². The summed E-state index contributed by atoms with van der Waals surface area (Å²) in [7, 11) is -3.46. The molecule has 2 heterocycles. The summed E-state index contributed by atoms with van der Waals surface area (Å²) in [6.45, 7) is 6.78. The number of halogens is 1. The van der Waals surface area contributed by atoms with Crippen LogP contribution < -0.4 is 19.8 Å². The summed E-state index contributed by atoms with van der Waals surface area (Å²) in [5, 5.41) is 5.33. The van der Waals surface area contributed by atoms with E-state index in [0.717, 1.165) is 5.69 Å². The van der Waals surface area contributed by atoms with E-state index in [2.05, 4.69) is 47.6 Å². The van der Waals surface area contributed by atoms with E-state index in [4.69, 9.17) is 0 Å². The molecular formula is C29H32FN5O4S. The number of hydrogen-bond acceptors (Lipinski definition) is 5. The van der Waals surface area contributed by atoms with E-state index in [1.165, 1.54) is 45.8 Å². The number of nitrogens with zero attached hydrogens (tertiary/aromatic N) is 3. The summed E-state index contributed by atoms with van der Waals surface area (Å²) in [6, 6.07) is 15.7. The summed E-state index contributed by atoms with van der Waals surface area (Å²) < 4.78 is 39.6. The van der Waals surface area contributed by atoms with Gasteiger partial charge in [-0.2, -0.15) is 0 Å². The molecule has 3 aromatic rings. The topological polar surface area (TPSA) is 102 Å². The van der Waals surface area contributed by atoms with Crippen molar-refractivity contribution in [3.05, 3.63) is 83.2 Å². The Morgan fingerprint density at radius 1 is 0.850 bits per heavy atom. The molecule has 40 heavy (non-hydrogen) atoms. The molecule has 0 aliphatic carbocycles. The summed E-state index contributed by atoms with van der Waals surface area (Å²) in [6.07, 6.45) is 0.502. The van der Waals surface area contributed by atoms with Crippen LogP contribution in [0.25, 0.3) is 0 Å². The van der Waals surface area contributed by atoms with Crippen molar-refractivity contribution in [2.24, 2.45) is 0 Å². The molecule has 0 radical (unpaired) electrons. The van der Waals surface area contributed by atoms with Crippen molar-refractivity contribution in [3.8, 4) is 0 Å². The maximum atomic E-state index is 13.7. The number of hydrogen-bond donors (Lipinski definition) is 2. The van der Waals surface area contributed by atoms with Gasteiger partial charge in [0, 0.05) is 44.1 Å². The fourth-order valence-electron chi connectivity index (χ4n) is 5.21. The third-order valence-corrected chi connectivity index (χ3v) is 9.10. The largest absolute Gasteiger partial charge is 0.368 e. The zero-order valence-corrected chi connectivity index (χ0v) is 23.3. The number of aryl methyl sites for hydroxylation is 2. The monoisotopic (exact) mass is 565 g/mol. The number of benzene rings is 3. The van der Waals surface area contributed by atoms with E-state index in [-0.39, 0.29) is 22.9 Å². The minimum Gasteiger partial charge on any atom is -0.368 e. The fraction of sp³-hybridized carbons (Fsp3) is 0.310. The van der Waals surface area contributed by atoms with Crippen LogP contribution in [-0.4, -0.2) is 63.7 Å². The van der Waals surface area contributed by atoms with Gasteiger partial charge in [0.1, 0.15) is 5.82 Å². The molecule has 2 aliphatic rings. The zero-order chi connectivity index (χ0) is 28.4. The van der Waals surface area contributed by atoms with Gasteiger partial charge in [-0.1, -0.05) is 17.7 Å². The van der Waals surface area contributed by atoms with Gasteiger partial charge >= 0.3 is 6.03 Å². The third kappa shape index (κ3) is 5.89. The van der Waals surface area contributed by atoms with Gasteiger partial charge in [0.2, 0.25) is 10.0 Å². The molecule has 9 nitrogen and oxygen atoms in total.